The molecule has 0 bridgehead atoms. The lowest BCUT2D eigenvalue weighted by atomic mass is 9.83. The van der Waals surface area contributed by atoms with Crippen LogP contribution in [0.3, 0.4) is 0 Å². The Morgan fingerprint density at radius 3 is 1.92 bits per heavy atom. The van der Waals surface area contributed by atoms with Crippen LogP contribution < -0.4 is 0 Å². The number of benzene rings is 5. The third kappa shape index (κ3) is 4.98. The molecule has 0 amide bonds. The summed E-state index contributed by atoms with van der Waals surface area (Å²) < 4.78 is 31.1. The second-order valence-electron chi connectivity index (χ2n) is 8.42. The van der Waals surface area contributed by atoms with Gasteiger partial charge in [0.1, 0.15) is 11.6 Å². The minimum Gasteiger partial charge on any atom is -0.258 e. The number of hydrogen-bond donors (Lipinski definition) is 0. The van der Waals surface area contributed by atoms with E-state index in [9.17, 15) is 14.5 Å². The molecule has 0 aliphatic carbocycles. The van der Waals surface area contributed by atoms with E-state index in [4.69, 9.17) is 11.6 Å². The normalized spacial score (nSPS) is 11.0. The summed E-state index contributed by atoms with van der Waals surface area (Å²) in [5.41, 5.74) is 2.55. The summed E-state index contributed by atoms with van der Waals surface area (Å²) in [6.45, 7) is 0. The van der Waals surface area contributed by atoms with E-state index in [-0.39, 0.29) is 33.0 Å². The molecule has 0 spiro atoms. The minimum atomic E-state index is -0.826. The molecule has 0 heterocycles. The third-order valence-electron chi connectivity index (χ3n) is 6.12. The van der Waals surface area contributed by atoms with Gasteiger partial charge in [-0.3, -0.25) is 10.1 Å². The molecule has 5 aromatic rings. The maximum absolute atomic E-state index is 15.4. The van der Waals surface area contributed by atoms with Crippen molar-refractivity contribution < 1.29 is 13.7 Å². The number of nitro groups is 1. The summed E-state index contributed by atoms with van der Waals surface area (Å²) in [5.74, 6) is -1.57. The molecule has 0 aliphatic heterocycles. The Hall–Kier alpha value is -3.14. The lowest BCUT2D eigenvalue weighted by molar-refractivity contribution is -0.383. The number of rotatable bonds is 5. The van der Waals surface area contributed by atoms with Gasteiger partial charge in [-0.1, -0.05) is 82.1 Å². The third-order valence-corrected chi connectivity index (χ3v) is 7.75. The molecule has 0 N–H and O–H groups in total. The van der Waals surface area contributed by atoms with Crippen LogP contribution in [0, 0.1) is 25.3 Å². The Labute approximate surface area is 244 Å². The lowest BCUT2D eigenvalue weighted by Crippen LogP contribution is -2.03. The van der Waals surface area contributed by atoms with Crippen molar-refractivity contribution in [2.45, 2.75) is 0 Å². The van der Waals surface area contributed by atoms with Crippen LogP contribution in [0.1, 0.15) is 0 Å². The number of hydrogen-bond acceptors (Lipinski definition) is 2. The second-order valence-corrected chi connectivity index (χ2v) is 11.0. The first kappa shape index (κ1) is 26.5. The number of nitrogens with zero attached hydrogens (tertiary/aromatic N) is 1. The monoisotopic (exact) mass is 701 g/mol. The van der Waals surface area contributed by atoms with E-state index >= 15 is 4.39 Å². The fourth-order valence-corrected chi connectivity index (χ4v) is 5.52. The van der Waals surface area contributed by atoms with Crippen LogP contribution in [0.4, 0.5) is 14.5 Å². The number of nitro benzene ring substituents is 1. The summed E-state index contributed by atoms with van der Waals surface area (Å²) in [5, 5.41) is 12.8. The van der Waals surface area contributed by atoms with Gasteiger partial charge < -0.3 is 0 Å². The van der Waals surface area contributed by atoms with Gasteiger partial charge in [-0.2, -0.15) is 0 Å². The largest absolute Gasteiger partial charge is 0.287 e. The molecular formula is C30H16BrClF2INO2. The summed E-state index contributed by atoms with van der Waals surface area (Å²) in [6, 6.07) is 26.4. The quantitative estimate of drug-likeness (QED) is 0.104. The van der Waals surface area contributed by atoms with Gasteiger partial charge in [0.05, 0.1) is 21.1 Å². The highest BCUT2D eigenvalue weighted by Gasteiger charge is 2.33. The fourth-order valence-electron chi connectivity index (χ4n) is 4.51. The summed E-state index contributed by atoms with van der Waals surface area (Å²) in [6.07, 6.45) is 0. The molecule has 0 saturated carbocycles. The average molecular weight is 703 g/mol. The first-order chi connectivity index (χ1) is 18.3. The molecule has 0 atom stereocenters. The molecule has 0 aromatic heterocycles. The van der Waals surface area contributed by atoms with E-state index in [1.54, 1.807) is 54.6 Å². The maximum atomic E-state index is 15.4. The summed E-state index contributed by atoms with van der Waals surface area (Å²) >= 11 is 12.6. The van der Waals surface area contributed by atoms with Gasteiger partial charge in [0.2, 0.25) is 0 Å². The Morgan fingerprint density at radius 1 is 0.737 bits per heavy atom. The molecule has 5 aromatic carbocycles. The predicted molar refractivity (Wildman–Crippen MR) is 160 cm³/mol. The van der Waals surface area contributed by atoms with E-state index in [1.807, 2.05) is 24.3 Å². The highest BCUT2D eigenvalue weighted by atomic mass is 127. The van der Waals surface area contributed by atoms with Crippen molar-refractivity contribution in [1.29, 1.82) is 0 Å². The molecule has 0 aliphatic rings. The molecule has 188 valence electrons. The van der Waals surface area contributed by atoms with E-state index in [2.05, 4.69) is 38.5 Å². The van der Waals surface area contributed by atoms with Gasteiger partial charge in [0.25, 0.3) is 5.69 Å². The van der Waals surface area contributed by atoms with Crippen molar-refractivity contribution in [3.05, 3.63) is 132 Å². The van der Waals surface area contributed by atoms with Crippen molar-refractivity contribution >= 4 is 55.8 Å². The standard InChI is InChI=1S/C30H16BrClF2INO2/c31-20-10-6-19(7-11-20)26-25(18-8-13-22(35)14-9-18)28(23-15-12-21(33)16-24(23)34)29(32)27(30(26)36(37)38)17-4-2-1-3-5-17/h1-16H. The molecule has 0 radical (unpaired) electrons. The Bertz CT molecular complexity index is 1680. The highest BCUT2D eigenvalue weighted by Crippen LogP contribution is 2.54. The van der Waals surface area contributed by atoms with Gasteiger partial charge in [-0.15, -0.1) is 0 Å². The maximum Gasteiger partial charge on any atom is 0.287 e. The van der Waals surface area contributed by atoms with Gasteiger partial charge in [-0.25, -0.2) is 8.78 Å². The average Bonchev–Trinajstić information content (AvgIpc) is 2.90. The highest BCUT2D eigenvalue weighted by molar-refractivity contribution is 14.1. The Balaban J connectivity index is 2.06. The van der Waals surface area contributed by atoms with E-state index in [0.717, 1.165) is 20.2 Å². The lowest BCUT2D eigenvalue weighted by Gasteiger charge is -2.22. The van der Waals surface area contributed by atoms with Crippen LogP contribution in [0.2, 0.25) is 5.02 Å². The molecule has 3 nitrogen and oxygen atoms in total. The smallest absolute Gasteiger partial charge is 0.258 e. The molecule has 0 unspecified atom stereocenters. The Kier molecular flexibility index (Phi) is 7.61. The molecule has 0 saturated heterocycles. The molecule has 0 fully saturated rings. The molecular weight excluding hydrogens is 687 g/mol. The van der Waals surface area contributed by atoms with Gasteiger partial charge in [0.15, 0.2) is 0 Å². The van der Waals surface area contributed by atoms with Crippen LogP contribution >= 0.6 is 50.1 Å². The van der Waals surface area contributed by atoms with Gasteiger partial charge in [-0.05, 0) is 75.7 Å². The minimum absolute atomic E-state index is 0.00261. The molecule has 5 rings (SSSR count). The van der Waals surface area contributed by atoms with E-state index in [1.165, 1.54) is 6.07 Å². The predicted octanol–water partition coefficient (Wildman–Crippen LogP) is 10.6. The molecule has 8 heteroatoms. The van der Waals surface area contributed by atoms with Crippen LogP contribution in [0.5, 0.6) is 0 Å². The fraction of sp³-hybridized carbons (Fsp3) is 0. The topological polar surface area (TPSA) is 43.1 Å². The summed E-state index contributed by atoms with van der Waals surface area (Å²) in [4.78, 5) is 12.4. The van der Waals surface area contributed by atoms with Crippen molar-refractivity contribution in [1.82, 2.24) is 0 Å². The number of halogens is 5. The van der Waals surface area contributed by atoms with Crippen molar-refractivity contribution in [3.8, 4) is 44.5 Å². The van der Waals surface area contributed by atoms with Crippen LogP contribution in [0.25, 0.3) is 44.5 Å². The summed E-state index contributed by atoms with van der Waals surface area (Å²) in [7, 11) is 0. The zero-order valence-electron chi connectivity index (χ0n) is 19.4. The Morgan fingerprint density at radius 2 is 1.32 bits per heavy atom. The zero-order valence-corrected chi connectivity index (χ0v) is 23.9. The van der Waals surface area contributed by atoms with Crippen LogP contribution in [0.15, 0.2) is 102 Å². The van der Waals surface area contributed by atoms with Crippen molar-refractivity contribution in [2.75, 3.05) is 0 Å². The first-order valence-electron chi connectivity index (χ1n) is 11.3. The van der Waals surface area contributed by atoms with E-state index in [0.29, 0.717) is 22.3 Å². The van der Waals surface area contributed by atoms with Crippen molar-refractivity contribution in [2.24, 2.45) is 0 Å². The van der Waals surface area contributed by atoms with E-state index < -0.39 is 16.6 Å². The zero-order chi connectivity index (χ0) is 27.0. The first-order valence-corrected chi connectivity index (χ1v) is 13.6. The van der Waals surface area contributed by atoms with Gasteiger partial charge in [0, 0.05) is 30.8 Å². The van der Waals surface area contributed by atoms with Crippen molar-refractivity contribution in [3.63, 3.8) is 0 Å². The van der Waals surface area contributed by atoms with Crippen LogP contribution in [-0.2, 0) is 0 Å². The van der Waals surface area contributed by atoms with Crippen LogP contribution in [-0.4, -0.2) is 4.92 Å². The molecule has 38 heavy (non-hydrogen) atoms. The van der Waals surface area contributed by atoms with Gasteiger partial charge >= 0.3 is 0 Å². The second kappa shape index (κ2) is 10.9. The SMILES string of the molecule is O=[N+]([O-])c1c(-c2ccccc2)c(Cl)c(-c2ccc(F)cc2F)c(-c2ccc(I)cc2)c1-c1ccc(Br)cc1.